The van der Waals surface area contributed by atoms with E-state index in [1.54, 1.807) is 7.11 Å². The molecular weight excluding hydrogens is 224 g/mol. The van der Waals surface area contributed by atoms with Crippen LogP contribution in [0.25, 0.3) is 0 Å². The first kappa shape index (κ1) is 11.4. The summed E-state index contributed by atoms with van der Waals surface area (Å²) in [6.07, 6.45) is 0. The third-order valence-corrected chi connectivity index (χ3v) is 5.46. The van der Waals surface area contributed by atoms with Gasteiger partial charge in [-0.15, -0.1) is 23.5 Å². The Hall–Kier alpha value is -0.120. The number of hydrogen-bond donors (Lipinski definition) is 0. The summed E-state index contributed by atoms with van der Waals surface area (Å²) in [5.74, 6) is 2.14. The molecule has 1 aliphatic rings. The molecule has 3 heteroatoms. The zero-order valence-electron chi connectivity index (χ0n) is 9.37. The van der Waals surface area contributed by atoms with Crippen molar-refractivity contribution in [3.8, 4) is 0 Å². The van der Waals surface area contributed by atoms with Gasteiger partial charge in [0.2, 0.25) is 0 Å². The highest BCUT2D eigenvalue weighted by molar-refractivity contribution is 8.16. The molecule has 0 saturated heterocycles. The van der Waals surface area contributed by atoms with Crippen LogP contribution in [0, 0.1) is 13.8 Å². The normalized spacial score (nSPS) is 17.3. The fourth-order valence-electron chi connectivity index (χ4n) is 1.70. The number of hydrogen-bond acceptors (Lipinski definition) is 3. The third-order valence-electron chi connectivity index (χ3n) is 2.76. The smallest absolute Gasteiger partial charge is 0.150 e. The van der Waals surface area contributed by atoms with Crippen LogP contribution >= 0.6 is 23.5 Å². The molecule has 0 aromatic heterocycles. The molecule has 0 amide bonds. The van der Waals surface area contributed by atoms with Crippen LogP contribution in [0.3, 0.4) is 0 Å². The summed E-state index contributed by atoms with van der Waals surface area (Å²) < 4.78 is 5.68. The summed E-state index contributed by atoms with van der Waals surface area (Å²) in [5.41, 5.74) is 5.76. The van der Waals surface area contributed by atoms with Gasteiger partial charge in [-0.25, -0.2) is 0 Å². The minimum Gasteiger partial charge on any atom is -0.361 e. The lowest BCUT2D eigenvalue weighted by atomic mass is 10.0. The minimum absolute atomic E-state index is 0.290. The fraction of sp³-hybridized carbons (Fsp3) is 0.500. The second-order valence-corrected chi connectivity index (χ2v) is 6.25. The van der Waals surface area contributed by atoms with Gasteiger partial charge in [-0.2, -0.15) is 0 Å². The second kappa shape index (κ2) is 4.81. The average Bonchev–Trinajstić information content (AvgIpc) is 2.42. The first-order chi connectivity index (χ1) is 7.20. The van der Waals surface area contributed by atoms with E-state index in [4.69, 9.17) is 4.74 Å². The van der Waals surface area contributed by atoms with Crippen molar-refractivity contribution in [1.82, 2.24) is 0 Å². The predicted molar refractivity (Wildman–Crippen MR) is 69.3 cm³/mol. The van der Waals surface area contributed by atoms with Crippen molar-refractivity contribution in [1.29, 1.82) is 0 Å². The van der Waals surface area contributed by atoms with Crippen molar-refractivity contribution < 1.29 is 4.74 Å². The van der Waals surface area contributed by atoms with Crippen LogP contribution in [0.1, 0.15) is 22.3 Å². The molecule has 0 fully saturated rings. The van der Waals surface area contributed by atoms with Gasteiger partial charge >= 0.3 is 0 Å². The van der Waals surface area contributed by atoms with E-state index in [-0.39, 0.29) is 4.77 Å². The number of rotatable bonds is 1. The molecule has 0 radical (unpaired) electrons. The summed E-state index contributed by atoms with van der Waals surface area (Å²) >= 11 is 3.76. The Morgan fingerprint density at radius 1 is 1.07 bits per heavy atom. The van der Waals surface area contributed by atoms with Crippen LogP contribution < -0.4 is 0 Å². The molecule has 0 unspecified atom stereocenters. The zero-order chi connectivity index (χ0) is 10.8. The lowest BCUT2D eigenvalue weighted by Crippen LogP contribution is -1.97. The summed E-state index contributed by atoms with van der Waals surface area (Å²) in [6.45, 7) is 4.37. The number of aryl methyl sites for hydroxylation is 2. The van der Waals surface area contributed by atoms with E-state index in [2.05, 4.69) is 26.0 Å². The Bertz CT molecular complexity index is 330. The second-order valence-electron chi connectivity index (χ2n) is 3.85. The fourth-order valence-corrected chi connectivity index (χ4v) is 3.94. The van der Waals surface area contributed by atoms with Gasteiger partial charge in [0.15, 0.2) is 0 Å². The van der Waals surface area contributed by atoms with Gasteiger partial charge in [0.1, 0.15) is 4.77 Å². The molecule has 1 heterocycles. The standard InChI is InChI=1S/C12H16OS2/c1-8-4-10-6-14-12(13-3)15-7-11(10)5-9(8)2/h4-5,12H,6-7H2,1-3H3. The van der Waals surface area contributed by atoms with Crippen LogP contribution in [-0.2, 0) is 16.2 Å². The molecule has 1 aromatic rings. The first-order valence-corrected chi connectivity index (χ1v) is 7.15. The largest absolute Gasteiger partial charge is 0.361 e. The van der Waals surface area contributed by atoms with Crippen LogP contribution in [0.4, 0.5) is 0 Å². The van der Waals surface area contributed by atoms with Gasteiger partial charge in [0.25, 0.3) is 0 Å². The summed E-state index contributed by atoms with van der Waals surface area (Å²) in [5, 5.41) is 0. The molecule has 1 aromatic carbocycles. The highest BCUT2D eigenvalue weighted by Crippen LogP contribution is 2.36. The lowest BCUT2D eigenvalue weighted by molar-refractivity contribution is 0.235. The molecular formula is C12H16OS2. The van der Waals surface area contributed by atoms with Gasteiger partial charge in [-0.3, -0.25) is 0 Å². The van der Waals surface area contributed by atoms with E-state index in [1.165, 1.54) is 22.3 Å². The van der Waals surface area contributed by atoms with E-state index in [0.29, 0.717) is 0 Å². The number of fused-ring (bicyclic) bond motifs is 1. The molecule has 82 valence electrons. The van der Waals surface area contributed by atoms with E-state index < -0.39 is 0 Å². The van der Waals surface area contributed by atoms with Crippen molar-refractivity contribution in [2.45, 2.75) is 30.1 Å². The molecule has 0 aliphatic carbocycles. The van der Waals surface area contributed by atoms with Crippen LogP contribution in [-0.4, -0.2) is 11.9 Å². The van der Waals surface area contributed by atoms with Crippen molar-refractivity contribution >= 4 is 23.5 Å². The third kappa shape index (κ3) is 2.52. The van der Waals surface area contributed by atoms with E-state index in [0.717, 1.165) is 11.5 Å². The van der Waals surface area contributed by atoms with Crippen LogP contribution in [0.2, 0.25) is 0 Å². The van der Waals surface area contributed by atoms with Crippen molar-refractivity contribution in [2.75, 3.05) is 7.11 Å². The van der Waals surface area contributed by atoms with Gasteiger partial charge < -0.3 is 4.74 Å². The molecule has 2 rings (SSSR count). The van der Waals surface area contributed by atoms with Crippen LogP contribution in [0.5, 0.6) is 0 Å². The first-order valence-electron chi connectivity index (χ1n) is 5.05. The SMILES string of the molecule is COC1SCc2cc(C)c(C)cc2CS1. The highest BCUT2D eigenvalue weighted by Gasteiger charge is 2.16. The summed E-state index contributed by atoms with van der Waals surface area (Å²) in [7, 11) is 1.79. The van der Waals surface area contributed by atoms with Crippen molar-refractivity contribution in [2.24, 2.45) is 0 Å². The summed E-state index contributed by atoms with van der Waals surface area (Å²) in [6, 6.07) is 4.66. The zero-order valence-corrected chi connectivity index (χ0v) is 11.0. The topological polar surface area (TPSA) is 9.23 Å². The quantitative estimate of drug-likeness (QED) is 0.740. The van der Waals surface area contributed by atoms with Crippen molar-refractivity contribution in [3.63, 3.8) is 0 Å². The molecule has 15 heavy (non-hydrogen) atoms. The van der Waals surface area contributed by atoms with E-state index >= 15 is 0 Å². The minimum atomic E-state index is 0.290. The maximum Gasteiger partial charge on any atom is 0.150 e. The average molecular weight is 240 g/mol. The van der Waals surface area contributed by atoms with Crippen LogP contribution in [0.15, 0.2) is 12.1 Å². The summed E-state index contributed by atoms with van der Waals surface area (Å²) in [4.78, 5) is 0. The Kier molecular flexibility index (Phi) is 3.65. The Morgan fingerprint density at radius 3 is 1.93 bits per heavy atom. The monoisotopic (exact) mass is 240 g/mol. The number of benzene rings is 1. The van der Waals surface area contributed by atoms with Gasteiger partial charge in [-0.1, -0.05) is 12.1 Å². The number of ether oxygens (including phenoxy) is 1. The van der Waals surface area contributed by atoms with Crippen molar-refractivity contribution in [3.05, 3.63) is 34.4 Å². The Morgan fingerprint density at radius 2 is 1.53 bits per heavy atom. The Balaban J connectivity index is 2.27. The molecule has 0 N–H and O–H groups in total. The van der Waals surface area contributed by atoms with E-state index in [1.807, 2.05) is 23.5 Å². The lowest BCUT2D eigenvalue weighted by Gasteiger charge is -2.09. The molecule has 0 atom stereocenters. The number of thioether (sulfide) groups is 2. The molecule has 1 nitrogen and oxygen atoms in total. The van der Waals surface area contributed by atoms with Gasteiger partial charge in [0.05, 0.1) is 0 Å². The molecule has 0 spiro atoms. The molecule has 0 saturated carbocycles. The van der Waals surface area contributed by atoms with Gasteiger partial charge in [0, 0.05) is 18.6 Å². The Labute approximate surface area is 100.0 Å². The predicted octanol–water partition coefficient (Wildman–Crippen LogP) is 3.71. The maximum absolute atomic E-state index is 5.39. The molecule has 1 aliphatic heterocycles. The van der Waals surface area contributed by atoms with Gasteiger partial charge in [-0.05, 0) is 36.1 Å². The molecule has 0 bridgehead atoms. The highest BCUT2D eigenvalue weighted by atomic mass is 32.2. The maximum atomic E-state index is 5.39. The van der Waals surface area contributed by atoms with E-state index in [9.17, 15) is 0 Å². The number of methoxy groups -OCH3 is 1.